The van der Waals surface area contributed by atoms with E-state index >= 15 is 0 Å². The molecule has 5 nitrogen and oxygen atoms in total. The Morgan fingerprint density at radius 1 is 1.35 bits per heavy atom. The molecule has 0 radical (unpaired) electrons. The quantitative estimate of drug-likeness (QED) is 0.912. The van der Waals surface area contributed by atoms with Gasteiger partial charge in [-0.25, -0.2) is 0 Å². The van der Waals surface area contributed by atoms with Crippen molar-refractivity contribution in [1.82, 2.24) is 4.31 Å². The van der Waals surface area contributed by atoms with Crippen LogP contribution in [0.2, 0.25) is 0 Å². The second-order valence-electron chi connectivity index (χ2n) is 5.41. The molecule has 1 saturated heterocycles. The Labute approximate surface area is 121 Å². The van der Waals surface area contributed by atoms with Crippen molar-refractivity contribution in [1.29, 1.82) is 0 Å². The van der Waals surface area contributed by atoms with Crippen molar-refractivity contribution >= 4 is 15.9 Å². The van der Waals surface area contributed by atoms with Gasteiger partial charge < -0.3 is 5.73 Å². The molecule has 2 N–H and O–H groups in total. The van der Waals surface area contributed by atoms with Gasteiger partial charge in [-0.2, -0.15) is 12.7 Å². The molecule has 1 fully saturated rings. The molecule has 1 aromatic carbocycles. The van der Waals surface area contributed by atoms with Crippen LogP contribution in [0.3, 0.4) is 0 Å². The maximum absolute atomic E-state index is 12.6. The maximum atomic E-state index is 12.6. The number of aryl methyl sites for hydroxylation is 1. The van der Waals surface area contributed by atoms with Crippen molar-refractivity contribution in [2.45, 2.75) is 19.8 Å². The number of benzene rings is 1. The topological polar surface area (TPSA) is 66.6 Å². The van der Waals surface area contributed by atoms with Gasteiger partial charge in [-0.05, 0) is 44.4 Å². The third-order valence-electron chi connectivity index (χ3n) is 3.89. The monoisotopic (exact) mass is 297 g/mol. The van der Waals surface area contributed by atoms with E-state index in [-0.39, 0.29) is 5.92 Å². The van der Waals surface area contributed by atoms with Crippen molar-refractivity contribution in [3.63, 3.8) is 0 Å². The highest BCUT2D eigenvalue weighted by Gasteiger charge is 2.31. The molecule has 112 valence electrons. The first-order valence-corrected chi connectivity index (χ1v) is 8.35. The third kappa shape index (κ3) is 3.13. The van der Waals surface area contributed by atoms with Crippen LogP contribution in [0.5, 0.6) is 0 Å². The van der Waals surface area contributed by atoms with E-state index in [4.69, 9.17) is 5.73 Å². The number of rotatable bonds is 4. The summed E-state index contributed by atoms with van der Waals surface area (Å²) in [4.78, 5) is 0. The predicted octanol–water partition coefficient (Wildman–Crippen LogP) is 1.35. The van der Waals surface area contributed by atoms with E-state index in [0.29, 0.717) is 25.3 Å². The number of piperidine rings is 1. The van der Waals surface area contributed by atoms with Crippen LogP contribution < -0.4 is 10.0 Å². The summed E-state index contributed by atoms with van der Waals surface area (Å²) in [6, 6.07) is 7.50. The molecular formula is C14H23N3O2S. The van der Waals surface area contributed by atoms with Crippen molar-refractivity contribution in [2.24, 2.45) is 11.7 Å². The minimum atomic E-state index is -3.46. The molecule has 1 heterocycles. The number of anilines is 1. The summed E-state index contributed by atoms with van der Waals surface area (Å²) in [6.07, 6.45) is 1.89. The van der Waals surface area contributed by atoms with Gasteiger partial charge in [-0.1, -0.05) is 17.7 Å². The lowest BCUT2D eigenvalue weighted by Gasteiger charge is -2.34. The van der Waals surface area contributed by atoms with E-state index in [1.807, 2.05) is 31.2 Å². The van der Waals surface area contributed by atoms with Crippen molar-refractivity contribution in [3.05, 3.63) is 29.8 Å². The zero-order valence-electron chi connectivity index (χ0n) is 12.1. The zero-order valence-corrected chi connectivity index (χ0v) is 12.9. The predicted molar refractivity (Wildman–Crippen MR) is 81.9 cm³/mol. The largest absolute Gasteiger partial charge is 0.330 e. The van der Waals surface area contributed by atoms with E-state index in [2.05, 4.69) is 0 Å². The average Bonchev–Trinajstić information content (AvgIpc) is 2.47. The molecule has 0 spiro atoms. The first kappa shape index (κ1) is 15.3. The molecule has 6 heteroatoms. The fraction of sp³-hybridized carbons (Fsp3) is 0.571. The number of hydrogen-bond acceptors (Lipinski definition) is 3. The van der Waals surface area contributed by atoms with Crippen molar-refractivity contribution in [3.8, 4) is 0 Å². The molecule has 0 aliphatic carbocycles. The first-order valence-electron chi connectivity index (χ1n) is 6.96. The lowest BCUT2D eigenvalue weighted by Crippen LogP contribution is -2.48. The summed E-state index contributed by atoms with van der Waals surface area (Å²) < 4.78 is 28.2. The Bertz CT molecular complexity index is 542. The SMILES string of the molecule is Cc1ccc(N(C)S(=O)(=O)N2CCCC(CN)C2)cc1. The first-order chi connectivity index (χ1) is 9.45. The van der Waals surface area contributed by atoms with Crippen LogP contribution in [0.25, 0.3) is 0 Å². The fourth-order valence-electron chi connectivity index (χ4n) is 2.49. The second-order valence-corrected chi connectivity index (χ2v) is 7.37. The van der Waals surface area contributed by atoms with Crippen LogP contribution in [-0.4, -0.2) is 39.4 Å². The number of hydrogen-bond donors (Lipinski definition) is 1. The summed E-state index contributed by atoms with van der Waals surface area (Å²) in [5.41, 5.74) is 7.47. The summed E-state index contributed by atoms with van der Waals surface area (Å²) in [5.74, 6) is 0.268. The number of nitrogens with two attached hydrogens (primary N) is 1. The molecule has 2 rings (SSSR count). The molecule has 20 heavy (non-hydrogen) atoms. The molecule has 1 unspecified atom stereocenters. The molecule has 0 saturated carbocycles. The van der Waals surface area contributed by atoms with Gasteiger partial charge in [0, 0.05) is 20.1 Å². The van der Waals surface area contributed by atoms with Crippen LogP contribution in [0.4, 0.5) is 5.69 Å². The minimum absolute atomic E-state index is 0.268. The lowest BCUT2D eigenvalue weighted by atomic mass is 10.0. The van der Waals surface area contributed by atoms with Crippen LogP contribution in [-0.2, 0) is 10.2 Å². The van der Waals surface area contributed by atoms with Crippen LogP contribution in [0.1, 0.15) is 18.4 Å². The van der Waals surface area contributed by atoms with E-state index in [0.717, 1.165) is 18.4 Å². The molecule has 0 amide bonds. The van der Waals surface area contributed by atoms with Gasteiger partial charge in [0.05, 0.1) is 5.69 Å². The van der Waals surface area contributed by atoms with Gasteiger partial charge in [-0.15, -0.1) is 0 Å². The molecule has 0 aromatic heterocycles. The van der Waals surface area contributed by atoms with Crippen LogP contribution in [0, 0.1) is 12.8 Å². The molecule has 0 bridgehead atoms. The van der Waals surface area contributed by atoms with Crippen molar-refractivity contribution in [2.75, 3.05) is 31.0 Å². The molecule has 1 aromatic rings. The van der Waals surface area contributed by atoms with E-state index in [1.165, 1.54) is 4.31 Å². The van der Waals surface area contributed by atoms with Crippen LogP contribution >= 0.6 is 0 Å². The molecule has 1 aliphatic rings. The summed E-state index contributed by atoms with van der Waals surface area (Å²) in [5, 5.41) is 0. The van der Waals surface area contributed by atoms with Gasteiger partial charge in [0.25, 0.3) is 0 Å². The summed E-state index contributed by atoms with van der Waals surface area (Å²) >= 11 is 0. The normalized spacial score (nSPS) is 20.9. The maximum Gasteiger partial charge on any atom is 0.303 e. The average molecular weight is 297 g/mol. The summed E-state index contributed by atoms with van der Waals surface area (Å²) in [6.45, 7) is 3.62. The molecule has 1 aliphatic heterocycles. The van der Waals surface area contributed by atoms with E-state index in [1.54, 1.807) is 11.4 Å². The van der Waals surface area contributed by atoms with E-state index in [9.17, 15) is 8.42 Å². The fourth-order valence-corrected chi connectivity index (χ4v) is 3.98. The second kappa shape index (κ2) is 6.11. The van der Waals surface area contributed by atoms with Gasteiger partial charge in [0.2, 0.25) is 0 Å². The lowest BCUT2D eigenvalue weighted by molar-refractivity contribution is 0.271. The van der Waals surface area contributed by atoms with Gasteiger partial charge in [0.15, 0.2) is 0 Å². The highest BCUT2D eigenvalue weighted by Crippen LogP contribution is 2.23. The van der Waals surface area contributed by atoms with Gasteiger partial charge in [0.1, 0.15) is 0 Å². The minimum Gasteiger partial charge on any atom is -0.330 e. The van der Waals surface area contributed by atoms with E-state index < -0.39 is 10.2 Å². The highest BCUT2D eigenvalue weighted by atomic mass is 32.2. The molecule has 1 atom stereocenters. The Morgan fingerprint density at radius 2 is 2.00 bits per heavy atom. The Morgan fingerprint density at radius 3 is 2.60 bits per heavy atom. The molecular weight excluding hydrogens is 274 g/mol. The smallest absolute Gasteiger partial charge is 0.303 e. The van der Waals surface area contributed by atoms with Gasteiger partial charge in [-0.3, -0.25) is 4.31 Å². The Hall–Kier alpha value is -1.11. The number of nitrogens with zero attached hydrogens (tertiary/aromatic N) is 2. The van der Waals surface area contributed by atoms with Crippen molar-refractivity contribution < 1.29 is 8.42 Å². The Kier molecular flexibility index (Phi) is 4.67. The van der Waals surface area contributed by atoms with Gasteiger partial charge >= 0.3 is 10.2 Å². The summed E-state index contributed by atoms with van der Waals surface area (Å²) in [7, 11) is -1.86. The standard InChI is InChI=1S/C14H23N3O2S/c1-12-5-7-14(8-6-12)16(2)20(18,19)17-9-3-4-13(10-15)11-17/h5-8,13H,3-4,9-11,15H2,1-2H3. The zero-order chi connectivity index (χ0) is 14.8. The highest BCUT2D eigenvalue weighted by molar-refractivity contribution is 7.90. The Balaban J connectivity index is 2.18. The third-order valence-corrected chi connectivity index (χ3v) is 5.77. The van der Waals surface area contributed by atoms with Crippen LogP contribution in [0.15, 0.2) is 24.3 Å².